The Bertz CT molecular complexity index is 227. The van der Waals surface area contributed by atoms with E-state index in [1.165, 1.54) is 0 Å². The van der Waals surface area contributed by atoms with Gasteiger partial charge < -0.3 is 9.84 Å². The molecule has 88 valence electrons. The molecular weight excluding hydrogens is 192 g/mol. The summed E-state index contributed by atoms with van der Waals surface area (Å²) < 4.78 is 5.76. The Morgan fingerprint density at radius 3 is 2.80 bits per heavy atom. The molecule has 0 amide bonds. The summed E-state index contributed by atoms with van der Waals surface area (Å²) in [6.07, 6.45) is 4.31. The van der Waals surface area contributed by atoms with Gasteiger partial charge in [0.05, 0.1) is 6.10 Å². The highest BCUT2D eigenvalue weighted by Gasteiger charge is 2.43. The Morgan fingerprint density at radius 1 is 1.67 bits per heavy atom. The van der Waals surface area contributed by atoms with E-state index in [9.17, 15) is 9.90 Å². The van der Waals surface area contributed by atoms with Gasteiger partial charge in [0.15, 0.2) is 5.60 Å². The largest absolute Gasteiger partial charge is 0.479 e. The molecule has 3 heteroatoms. The van der Waals surface area contributed by atoms with Gasteiger partial charge in [0.1, 0.15) is 0 Å². The van der Waals surface area contributed by atoms with Gasteiger partial charge in [0.25, 0.3) is 0 Å². The van der Waals surface area contributed by atoms with Crippen LogP contribution in [-0.4, -0.2) is 22.8 Å². The Labute approximate surface area is 91.8 Å². The quantitative estimate of drug-likeness (QED) is 0.782. The highest BCUT2D eigenvalue weighted by atomic mass is 16.5. The molecule has 1 aliphatic rings. The molecule has 0 spiro atoms. The van der Waals surface area contributed by atoms with Crippen LogP contribution in [0.1, 0.15) is 52.9 Å². The minimum absolute atomic E-state index is 0.0337. The lowest BCUT2D eigenvalue weighted by atomic mass is 9.78. The van der Waals surface area contributed by atoms with Crippen LogP contribution in [0, 0.1) is 5.92 Å². The SMILES string of the molecule is CCC(C)OC1(C(=O)O)CCCC(C)C1. The number of carbonyl (C=O) groups is 1. The fraction of sp³-hybridized carbons (Fsp3) is 0.917. The molecule has 0 radical (unpaired) electrons. The predicted molar refractivity (Wildman–Crippen MR) is 58.8 cm³/mol. The van der Waals surface area contributed by atoms with Crippen molar-refractivity contribution in [2.24, 2.45) is 5.92 Å². The van der Waals surface area contributed by atoms with Gasteiger partial charge in [-0.25, -0.2) is 4.79 Å². The molecule has 0 bridgehead atoms. The van der Waals surface area contributed by atoms with Gasteiger partial charge in [-0.05, 0) is 38.5 Å². The highest BCUT2D eigenvalue weighted by molar-refractivity contribution is 5.77. The number of ether oxygens (including phenoxy) is 1. The first-order chi connectivity index (χ1) is 7.00. The Kier molecular flexibility index (Phi) is 4.14. The standard InChI is InChI=1S/C12H22O3/c1-4-10(3)15-12(11(13)14)7-5-6-9(2)8-12/h9-10H,4-8H2,1-3H3,(H,13,14). The van der Waals surface area contributed by atoms with E-state index >= 15 is 0 Å². The molecule has 1 rings (SSSR count). The second-order valence-corrected chi connectivity index (χ2v) is 4.84. The lowest BCUT2D eigenvalue weighted by molar-refractivity contribution is -0.181. The maximum absolute atomic E-state index is 11.3. The molecule has 1 fully saturated rings. The number of hydrogen-bond acceptors (Lipinski definition) is 2. The summed E-state index contributed by atoms with van der Waals surface area (Å²) in [6, 6.07) is 0. The number of rotatable bonds is 4. The smallest absolute Gasteiger partial charge is 0.335 e. The highest BCUT2D eigenvalue weighted by Crippen LogP contribution is 2.36. The van der Waals surface area contributed by atoms with Gasteiger partial charge in [-0.1, -0.05) is 20.3 Å². The monoisotopic (exact) mass is 214 g/mol. The van der Waals surface area contributed by atoms with Crippen molar-refractivity contribution in [3.05, 3.63) is 0 Å². The first kappa shape index (κ1) is 12.5. The van der Waals surface area contributed by atoms with E-state index in [1.807, 2.05) is 13.8 Å². The minimum Gasteiger partial charge on any atom is -0.479 e. The lowest BCUT2D eigenvalue weighted by Gasteiger charge is -2.38. The van der Waals surface area contributed by atoms with Crippen LogP contribution in [0.5, 0.6) is 0 Å². The zero-order valence-electron chi connectivity index (χ0n) is 9.95. The average molecular weight is 214 g/mol. The van der Waals surface area contributed by atoms with Crippen molar-refractivity contribution in [3.8, 4) is 0 Å². The van der Waals surface area contributed by atoms with E-state index in [0.29, 0.717) is 18.8 Å². The molecule has 0 heterocycles. The van der Waals surface area contributed by atoms with Crippen LogP contribution in [0.4, 0.5) is 0 Å². The van der Waals surface area contributed by atoms with E-state index in [0.717, 1.165) is 19.3 Å². The minimum atomic E-state index is -0.910. The molecule has 0 aromatic carbocycles. The van der Waals surface area contributed by atoms with Gasteiger partial charge in [0.2, 0.25) is 0 Å². The fourth-order valence-corrected chi connectivity index (χ4v) is 2.32. The van der Waals surface area contributed by atoms with E-state index in [2.05, 4.69) is 6.92 Å². The third-order valence-electron chi connectivity index (χ3n) is 3.35. The summed E-state index contributed by atoms with van der Waals surface area (Å²) in [6.45, 7) is 6.08. The summed E-state index contributed by atoms with van der Waals surface area (Å²) >= 11 is 0. The molecule has 3 nitrogen and oxygen atoms in total. The number of carboxylic acids is 1. The molecule has 0 aromatic heterocycles. The molecule has 1 saturated carbocycles. The van der Waals surface area contributed by atoms with E-state index in [-0.39, 0.29) is 6.10 Å². The van der Waals surface area contributed by atoms with Crippen LogP contribution < -0.4 is 0 Å². The lowest BCUT2D eigenvalue weighted by Crippen LogP contribution is -2.47. The van der Waals surface area contributed by atoms with Crippen LogP contribution in [0.2, 0.25) is 0 Å². The van der Waals surface area contributed by atoms with Crippen molar-refractivity contribution in [1.29, 1.82) is 0 Å². The van der Waals surface area contributed by atoms with Crippen molar-refractivity contribution in [2.45, 2.75) is 64.6 Å². The molecule has 1 N–H and O–H groups in total. The van der Waals surface area contributed by atoms with Crippen LogP contribution >= 0.6 is 0 Å². The van der Waals surface area contributed by atoms with Gasteiger partial charge in [-0.3, -0.25) is 0 Å². The summed E-state index contributed by atoms with van der Waals surface area (Å²) in [4.78, 5) is 11.3. The normalized spacial score (nSPS) is 33.7. The number of hydrogen-bond donors (Lipinski definition) is 1. The Morgan fingerprint density at radius 2 is 2.33 bits per heavy atom. The fourth-order valence-electron chi connectivity index (χ4n) is 2.32. The van der Waals surface area contributed by atoms with Gasteiger partial charge >= 0.3 is 5.97 Å². The van der Waals surface area contributed by atoms with E-state index in [1.54, 1.807) is 0 Å². The van der Waals surface area contributed by atoms with E-state index < -0.39 is 11.6 Å². The summed E-state index contributed by atoms with van der Waals surface area (Å²) in [5, 5.41) is 9.33. The maximum atomic E-state index is 11.3. The number of aliphatic carboxylic acids is 1. The average Bonchev–Trinajstić information content (AvgIpc) is 2.17. The molecule has 3 unspecified atom stereocenters. The summed E-state index contributed by atoms with van der Waals surface area (Å²) in [5.41, 5.74) is -0.910. The van der Waals surface area contributed by atoms with Crippen molar-refractivity contribution in [3.63, 3.8) is 0 Å². The predicted octanol–water partition coefficient (Wildman–Crippen LogP) is 2.84. The zero-order valence-corrected chi connectivity index (χ0v) is 9.95. The molecule has 3 atom stereocenters. The van der Waals surface area contributed by atoms with Gasteiger partial charge in [-0.2, -0.15) is 0 Å². The summed E-state index contributed by atoms with van der Waals surface area (Å²) in [7, 11) is 0. The van der Waals surface area contributed by atoms with Gasteiger partial charge in [-0.15, -0.1) is 0 Å². The third-order valence-corrected chi connectivity index (χ3v) is 3.35. The molecule has 0 aliphatic heterocycles. The van der Waals surface area contributed by atoms with Crippen molar-refractivity contribution in [1.82, 2.24) is 0 Å². The first-order valence-corrected chi connectivity index (χ1v) is 5.91. The molecule has 0 aromatic rings. The van der Waals surface area contributed by atoms with Gasteiger partial charge in [0, 0.05) is 0 Å². The Hall–Kier alpha value is -0.570. The second kappa shape index (κ2) is 4.97. The van der Waals surface area contributed by atoms with Crippen LogP contribution in [0.3, 0.4) is 0 Å². The molecular formula is C12H22O3. The topological polar surface area (TPSA) is 46.5 Å². The first-order valence-electron chi connectivity index (χ1n) is 5.91. The van der Waals surface area contributed by atoms with Crippen molar-refractivity contribution >= 4 is 5.97 Å². The van der Waals surface area contributed by atoms with Crippen LogP contribution in [0.25, 0.3) is 0 Å². The Balaban J connectivity index is 2.73. The van der Waals surface area contributed by atoms with Crippen LogP contribution in [0.15, 0.2) is 0 Å². The molecule has 15 heavy (non-hydrogen) atoms. The molecule has 1 aliphatic carbocycles. The third kappa shape index (κ3) is 2.94. The van der Waals surface area contributed by atoms with Crippen molar-refractivity contribution < 1.29 is 14.6 Å². The maximum Gasteiger partial charge on any atom is 0.335 e. The number of carboxylic acid groups (broad SMARTS) is 1. The second-order valence-electron chi connectivity index (χ2n) is 4.84. The van der Waals surface area contributed by atoms with Crippen LogP contribution in [-0.2, 0) is 9.53 Å². The molecule has 0 saturated heterocycles. The summed E-state index contributed by atoms with van der Waals surface area (Å²) in [5.74, 6) is -0.326. The van der Waals surface area contributed by atoms with E-state index in [4.69, 9.17) is 4.74 Å². The zero-order chi connectivity index (χ0) is 11.5. The van der Waals surface area contributed by atoms with Crippen molar-refractivity contribution in [2.75, 3.05) is 0 Å².